The van der Waals surface area contributed by atoms with Crippen molar-refractivity contribution in [2.45, 2.75) is 0 Å². The molecule has 0 spiro atoms. The zero-order chi connectivity index (χ0) is 6.81. The van der Waals surface area contributed by atoms with E-state index in [0.29, 0.717) is 6.61 Å². The van der Waals surface area contributed by atoms with Crippen molar-refractivity contribution in [2.24, 2.45) is 0 Å². The molecule has 1 saturated heterocycles. The van der Waals surface area contributed by atoms with Crippen LogP contribution in [0, 0.1) is 0 Å². The van der Waals surface area contributed by atoms with Crippen molar-refractivity contribution >= 4 is 13.6 Å². The number of nitrogens with zero attached hydrogens (tertiary/aromatic N) is 2. The summed E-state index contributed by atoms with van der Waals surface area (Å²) in [6.07, 6.45) is 2.37. The third-order valence-corrected chi connectivity index (χ3v) is 2.70. The van der Waals surface area contributed by atoms with Gasteiger partial charge in [0.1, 0.15) is 8.15 Å². The minimum atomic E-state index is -0.693. The van der Waals surface area contributed by atoms with Gasteiger partial charge in [-0.15, -0.1) is 5.10 Å². The predicted molar refractivity (Wildman–Crippen MR) is 32.8 cm³/mol. The topological polar surface area (TPSA) is 57.4 Å². The van der Waals surface area contributed by atoms with Gasteiger partial charge in [-0.05, 0) is 0 Å². The standard InChI is InChI=1S/C4H5N2O3P/c1-2-10(9-8-1)4-3-7-6-5-4/h3H,1-2H2. The highest BCUT2D eigenvalue weighted by atomic mass is 31.1. The van der Waals surface area contributed by atoms with Crippen LogP contribution in [-0.2, 0) is 9.56 Å². The Morgan fingerprint density at radius 3 is 3.20 bits per heavy atom. The lowest BCUT2D eigenvalue weighted by atomic mass is 10.9. The summed E-state index contributed by atoms with van der Waals surface area (Å²) >= 11 is 0. The van der Waals surface area contributed by atoms with Gasteiger partial charge in [0.25, 0.3) is 0 Å². The molecule has 1 atom stereocenters. The summed E-state index contributed by atoms with van der Waals surface area (Å²) in [6.45, 7) is 0.637. The molecule has 0 amide bonds. The fourth-order valence-electron chi connectivity index (χ4n) is 0.679. The Balaban J connectivity index is 2.12. The molecule has 1 fully saturated rings. The van der Waals surface area contributed by atoms with E-state index in [-0.39, 0.29) is 0 Å². The maximum Gasteiger partial charge on any atom is 0.157 e. The molecule has 2 heterocycles. The van der Waals surface area contributed by atoms with Crippen LogP contribution in [0.15, 0.2) is 10.8 Å². The average Bonchev–Trinajstić information content (AvgIpc) is 2.59. The van der Waals surface area contributed by atoms with Gasteiger partial charge in [-0.1, -0.05) is 0 Å². The highest BCUT2D eigenvalue weighted by Crippen LogP contribution is 2.38. The third kappa shape index (κ3) is 1.03. The Kier molecular flexibility index (Phi) is 1.63. The van der Waals surface area contributed by atoms with Gasteiger partial charge in [0.2, 0.25) is 0 Å². The van der Waals surface area contributed by atoms with E-state index >= 15 is 0 Å². The van der Waals surface area contributed by atoms with Gasteiger partial charge in [-0.25, -0.2) is 9.56 Å². The summed E-state index contributed by atoms with van der Waals surface area (Å²) in [5.74, 6) is 0. The second kappa shape index (κ2) is 2.62. The first-order chi connectivity index (χ1) is 4.97. The van der Waals surface area contributed by atoms with E-state index in [2.05, 4.69) is 14.9 Å². The summed E-state index contributed by atoms with van der Waals surface area (Å²) in [5, 5.41) is 7.03. The third-order valence-electron chi connectivity index (χ3n) is 1.12. The molecule has 5 nitrogen and oxygen atoms in total. The Morgan fingerprint density at radius 1 is 1.60 bits per heavy atom. The number of aromatic nitrogens is 2. The molecule has 1 aromatic rings. The first kappa shape index (κ1) is 6.22. The highest BCUT2D eigenvalue weighted by Gasteiger charge is 2.22. The molecule has 1 aliphatic heterocycles. The highest BCUT2D eigenvalue weighted by molar-refractivity contribution is 7.60. The van der Waals surface area contributed by atoms with Gasteiger partial charge in [0, 0.05) is 11.4 Å². The molecule has 2 rings (SSSR count). The van der Waals surface area contributed by atoms with Crippen molar-refractivity contribution in [3.8, 4) is 0 Å². The summed E-state index contributed by atoms with van der Waals surface area (Å²) in [4.78, 5) is 4.70. The Bertz CT molecular complexity index is 196. The minimum absolute atomic E-state index is 0.637. The van der Waals surface area contributed by atoms with Gasteiger partial charge >= 0.3 is 0 Å². The largest absolute Gasteiger partial charge is 0.345 e. The summed E-state index contributed by atoms with van der Waals surface area (Å²) < 4.78 is 9.45. The van der Waals surface area contributed by atoms with Crippen molar-refractivity contribution in [1.82, 2.24) is 10.4 Å². The molecular weight excluding hydrogens is 155 g/mol. The van der Waals surface area contributed by atoms with Crippen LogP contribution in [0.25, 0.3) is 0 Å². The average molecular weight is 160 g/mol. The lowest BCUT2D eigenvalue weighted by molar-refractivity contribution is -0.173. The number of hydrogen-bond donors (Lipinski definition) is 0. The van der Waals surface area contributed by atoms with Gasteiger partial charge in [-0.3, -0.25) is 0 Å². The van der Waals surface area contributed by atoms with Gasteiger partial charge < -0.3 is 4.52 Å². The van der Waals surface area contributed by atoms with Crippen molar-refractivity contribution in [3.63, 3.8) is 0 Å². The lowest BCUT2D eigenvalue weighted by Gasteiger charge is -1.96. The SMILES string of the molecule is c1onnc1P1CCOO1. The fourth-order valence-corrected chi connectivity index (χ4v) is 1.80. The Hall–Kier alpha value is -0.510. The van der Waals surface area contributed by atoms with Gasteiger partial charge in [0.05, 0.1) is 6.61 Å². The fraction of sp³-hybridized carbons (Fsp3) is 0.500. The van der Waals surface area contributed by atoms with E-state index in [9.17, 15) is 0 Å². The molecule has 6 heteroatoms. The Labute approximate surface area is 58.1 Å². The monoisotopic (exact) mass is 160 g/mol. The smallest absolute Gasteiger partial charge is 0.157 e. The van der Waals surface area contributed by atoms with E-state index in [1.807, 2.05) is 0 Å². The van der Waals surface area contributed by atoms with Crippen LogP contribution >= 0.6 is 8.15 Å². The molecule has 0 saturated carbocycles. The zero-order valence-electron chi connectivity index (χ0n) is 5.06. The maximum absolute atomic E-state index is 4.90. The van der Waals surface area contributed by atoms with Gasteiger partial charge in [0.15, 0.2) is 11.7 Å². The lowest BCUT2D eigenvalue weighted by Crippen LogP contribution is -2.01. The number of rotatable bonds is 1. The van der Waals surface area contributed by atoms with Crippen LogP contribution in [0.2, 0.25) is 0 Å². The van der Waals surface area contributed by atoms with Crippen molar-refractivity contribution in [1.29, 1.82) is 0 Å². The molecule has 0 N–H and O–H groups in total. The van der Waals surface area contributed by atoms with Crippen LogP contribution in [0.4, 0.5) is 0 Å². The molecular formula is C4H5N2O3P. The van der Waals surface area contributed by atoms with E-state index in [4.69, 9.17) is 9.56 Å². The summed E-state index contributed by atoms with van der Waals surface area (Å²) in [5.41, 5.74) is 0.757. The van der Waals surface area contributed by atoms with Crippen molar-refractivity contribution < 1.29 is 14.1 Å². The second-order valence-corrected chi connectivity index (χ2v) is 3.57. The first-order valence-electron chi connectivity index (χ1n) is 2.81. The minimum Gasteiger partial charge on any atom is -0.345 e. The molecule has 0 aliphatic carbocycles. The second-order valence-electron chi connectivity index (χ2n) is 1.76. The quantitative estimate of drug-likeness (QED) is 0.429. The summed E-state index contributed by atoms with van der Waals surface area (Å²) in [7, 11) is -0.693. The molecule has 10 heavy (non-hydrogen) atoms. The van der Waals surface area contributed by atoms with E-state index in [1.165, 1.54) is 6.26 Å². The molecule has 0 radical (unpaired) electrons. The number of hydrogen-bond acceptors (Lipinski definition) is 5. The molecule has 1 aliphatic rings. The predicted octanol–water partition coefficient (Wildman–Crippen LogP) is 0.0536. The normalized spacial score (nSPS) is 25.4. The molecule has 54 valence electrons. The Morgan fingerprint density at radius 2 is 2.60 bits per heavy atom. The van der Waals surface area contributed by atoms with Crippen LogP contribution in [-0.4, -0.2) is 23.1 Å². The molecule has 0 bridgehead atoms. The maximum atomic E-state index is 4.90. The zero-order valence-corrected chi connectivity index (χ0v) is 5.95. The van der Waals surface area contributed by atoms with Crippen LogP contribution in [0.3, 0.4) is 0 Å². The first-order valence-corrected chi connectivity index (χ1v) is 4.25. The van der Waals surface area contributed by atoms with E-state index < -0.39 is 8.15 Å². The van der Waals surface area contributed by atoms with Crippen molar-refractivity contribution in [3.05, 3.63) is 6.26 Å². The van der Waals surface area contributed by atoms with E-state index in [1.54, 1.807) is 0 Å². The van der Waals surface area contributed by atoms with E-state index in [0.717, 1.165) is 11.6 Å². The van der Waals surface area contributed by atoms with Crippen molar-refractivity contribution in [2.75, 3.05) is 12.8 Å². The van der Waals surface area contributed by atoms with Crippen LogP contribution in [0.5, 0.6) is 0 Å². The van der Waals surface area contributed by atoms with Gasteiger partial charge in [-0.2, -0.15) is 0 Å². The van der Waals surface area contributed by atoms with Crippen LogP contribution < -0.4 is 5.44 Å². The molecule has 1 aromatic heterocycles. The summed E-state index contributed by atoms with van der Waals surface area (Å²) in [6, 6.07) is 0. The van der Waals surface area contributed by atoms with Crippen LogP contribution in [0.1, 0.15) is 0 Å². The molecule has 1 unspecified atom stereocenters. The molecule has 0 aromatic carbocycles.